The van der Waals surface area contributed by atoms with Crippen molar-refractivity contribution in [1.29, 1.82) is 0 Å². The third kappa shape index (κ3) is 6.38. The Morgan fingerprint density at radius 1 is 0.289 bits per heavy atom. The van der Waals surface area contributed by atoms with Crippen LogP contribution in [0.25, 0.3) is 77.2 Å². The third-order valence-electron chi connectivity index (χ3n) is 16.6. The number of rotatable bonds is 9. The van der Waals surface area contributed by atoms with Crippen LogP contribution in [0.2, 0.25) is 0 Å². The van der Waals surface area contributed by atoms with E-state index < -0.39 is 16.1 Å². The summed E-state index contributed by atoms with van der Waals surface area (Å²) in [5.74, 6) is 0. The van der Waals surface area contributed by atoms with E-state index in [-0.39, 0.29) is 0 Å². The highest BCUT2D eigenvalue weighted by Crippen LogP contribution is 2.43. The van der Waals surface area contributed by atoms with E-state index in [1.807, 2.05) is 0 Å². The average molecular weight is 999 g/mol. The predicted molar refractivity (Wildman–Crippen MR) is 327 cm³/mol. The van der Waals surface area contributed by atoms with Crippen LogP contribution >= 0.6 is 0 Å². The normalized spacial score (nSPS) is 12.8. The summed E-state index contributed by atoms with van der Waals surface area (Å²) in [5, 5.41) is 16.1. The zero-order valence-corrected chi connectivity index (χ0v) is 43.8. The molecule has 3 heterocycles. The van der Waals surface area contributed by atoms with Crippen molar-refractivity contribution in [3.8, 4) is 33.6 Å². The van der Waals surface area contributed by atoms with Gasteiger partial charge in [-0.25, -0.2) is 0 Å². The van der Waals surface area contributed by atoms with Gasteiger partial charge in [0, 0.05) is 27.2 Å². The number of fused-ring (bicyclic) bond motifs is 9. The summed E-state index contributed by atoms with van der Waals surface area (Å²) < 4.78 is 5.05. The van der Waals surface area contributed by atoms with Gasteiger partial charge in [0.1, 0.15) is 0 Å². The lowest BCUT2D eigenvalue weighted by Crippen LogP contribution is -2.74. The van der Waals surface area contributed by atoms with Gasteiger partial charge in [0.2, 0.25) is 0 Å². The summed E-state index contributed by atoms with van der Waals surface area (Å²) in [6.45, 7) is 0. The van der Waals surface area contributed by atoms with Crippen LogP contribution < -0.4 is 41.5 Å². The molecular weight excluding hydrogens is 949 g/mol. The summed E-state index contributed by atoms with van der Waals surface area (Å²) in [6, 6.07) is 114. The van der Waals surface area contributed by atoms with Gasteiger partial charge in [-0.05, 0) is 100 Å². The van der Waals surface area contributed by atoms with Crippen molar-refractivity contribution in [2.45, 2.75) is 0 Å². The summed E-state index contributed by atoms with van der Waals surface area (Å²) in [5.41, 5.74) is 12.2. The predicted octanol–water partition coefficient (Wildman–Crippen LogP) is 12.3. The molecule has 0 amide bonds. The lowest BCUT2D eigenvalue weighted by atomic mass is 9.97. The van der Waals surface area contributed by atoms with E-state index in [1.54, 1.807) is 0 Å². The van der Waals surface area contributed by atoms with Gasteiger partial charge >= 0.3 is 0 Å². The van der Waals surface area contributed by atoms with Gasteiger partial charge < -0.3 is 9.13 Å². The highest BCUT2D eigenvalue weighted by atomic mass is 28.3. The fourth-order valence-corrected chi connectivity index (χ4v) is 23.5. The van der Waals surface area contributed by atoms with Crippen LogP contribution in [0.3, 0.4) is 0 Å². The van der Waals surface area contributed by atoms with Crippen LogP contribution in [-0.2, 0) is 0 Å². The van der Waals surface area contributed by atoms with Crippen LogP contribution in [0.1, 0.15) is 0 Å². The Kier molecular flexibility index (Phi) is 10.3. The number of aromatic nitrogens is 2. The standard InChI is InChI=1S/C72H50N2Si2/c1-6-24-53(25-7-1)75(54-26-8-2-9-27-54,55-28-10-3-11-29-55)58-47-45-52(46-48-58)73-65-39-19-16-34-60(65)63-38-23-42-68(72(63)73)74-66-40-20-17-36-64(66)71-59(37-22-41-67(71)74)51-44-49-62-61-35-18-21-43-69(61)76(70(62)50-51,56-30-12-4-13-31-56)57-32-14-5-15-33-57/h1-50H. The van der Waals surface area contributed by atoms with Crippen molar-refractivity contribution in [3.63, 3.8) is 0 Å². The number of para-hydroxylation sites is 3. The van der Waals surface area contributed by atoms with E-state index >= 15 is 0 Å². The van der Waals surface area contributed by atoms with E-state index in [4.69, 9.17) is 0 Å². The van der Waals surface area contributed by atoms with Crippen LogP contribution in [0.15, 0.2) is 303 Å². The van der Waals surface area contributed by atoms with Crippen molar-refractivity contribution in [2.75, 3.05) is 0 Å². The highest BCUT2D eigenvalue weighted by Gasteiger charge is 2.49. The molecule has 1 aliphatic rings. The molecule has 0 aliphatic carbocycles. The van der Waals surface area contributed by atoms with E-state index in [0.29, 0.717) is 0 Å². The molecular formula is C72H50N2Si2. The van der Waals surface area contributed by atoms with Crippen LogP contribution in [0.4, 0.5) is 0 Å². The number of hydrogen-bond donors (Lipinski definition) is 0. The first-order valence-corrected chi connectivity index (χ1v) is 30.4. The van der Waals surface area contributed by atoms with E-state index in [9.17, 15) is 0 Å². The van der Waals surface area contributed by atoms with Gasteiger partial charge in [0.05, 0.1) is 27.8 Å². The SMILES string of the molecule is c1ccc([Si](c2ccccc2)(c2ccccc2)c2ccc(-n3c4ccccc4c4cccc(-n5c6ccccc6c6c(-c7ccc8c(c7)[Si](c7ccccc7)(c7ccccc7)c7ccccc7-8)cccc65)c43)cc2)cc1. The van der Waals surface area contributed by atoms with Gasteiger partial charge in [0.25, 0.3) is 0 Å². The first kappa shape index (κ1) is 44.2. The molecule has 0 saturated carbocycles. The second-order valence-corrected chi connectivity index (χ2v) is 27.8. The molecule has 15 rings (SSSR count). The second kappa shape index (κ2) is 17.7. The molecule has 0 atom stereocenters. The minimum absolute atomic E-state index is 1.13. The van der Waals surface area contributed by atoms with Crippen LogP contribution in [0.5, 0.6) is 0 Å². The monoisotopic (exact) mass is 998 g/mol. The lowest BCUT2D eigenvalue weighted by Gasteiger charge is -2.34. The summed E-state index contributed by atoms with van der Waals surface area (Å²) in [6.07, 6.45) is 0. The molecule has 12 aromatic carbocycles. The van der Waals surface area contributed by atoms with Crippen molar-refractivity contribution < 1.29 is 0 Å². The van der Waals surface area contributed by atoms with Crippen molar-refractivity contribution in [1.82, 2.24) is 9.13 Å². The molecule has 0 N–H and O–H groups in total. The molecule has 0 bridgehead atoms. The summed E-state index contributed by atoms with van der Waals surface area (Å²) >= 11 is 0. The largest absolute Gasteiger partial charge is 0.307 e. The quantitative estimate of drug-likeness (QED) is 0.101. The summed E-state index contributed by atoms with van der Waals surface area (Å²) in [7, 11) is -5.46. The average Bonchev–Trinajstić information content (AvgIpc) is 4.32. The van der Waals surface area contributed by atoms with Gasteiger partial charge in [-0.15, -0.1) is 0 Å². The topological polar surface area (TPSA) is 9.86 Å². The lowest BCUT2D eigenvalue weighted by molar-refractivity contribution is 1.13. The number of nitrogens with zero attached hydrogens (tertiary/aromatic N) is 2. The van der Waals surface area contributed by atoms with Gasteiger partial charge in [-0.3, -0.25) is 0 Å². The van der Waals surface area contributed by atoms with E-state index in [2.05, 4.69) is 312 Å². The molecule has 0 unspecified atom stereocenters. The maximum absolute atomic E-state index is 2.74. The second-order valence-electron chi connectivity index (χ2n) is 20.3. The summed E-state index contributed by atoms with van der Waals surface area (Å²) in [4.78, 5) is 0. The van der Waals surface area contributed by atoms with Crippen LogP contribution in [-0.4, -0.2) is 25.3 Å². The molecule has 4 heteroatoms. The first-order chi connectivity index (χ1) is 37.7. The number of benzene rings is 12. The fraction of sp³-hybridized carbons (Fsp3) is 0. The molecule has 2 nitrogen and oxygen atoms in total. The van der Waals surface area contributed by atoms with E-state index in [0.717, 1.165) is 11.4 Å². The molecule has 0 spiro atoms. The van der Waals surface area contributed by atoms with Crippen molar-refractivity contribution in [2.24, 2.45) is 0 Å². The van der Waals surface area contributed by atoms with Crippen LogP contribution in [0, 0.1) is 0 Å². The maximum atomic E-state index is 2.57. The molecule has 0 saturated heterocycles. The molecule has 76 heavy (non-hydrogen) atoms. The molecule has 0 fully saturated rings. The minimum atomic E-state index is -2.74. The zero-order chi connectivity index (χ0) is 50.2. The Morgan fingerprint density at radius 2 is 0.750 bits per heavy atom. The molecule has 1 aliphatic heterocycles. The van der Waals surface area contributed by atoms with Gasteiger partial charge in [-0.1, -0.05) is 267 Å². The smallest absolute Gasteiger partial charge is 0.180 e. The van der Waals surface area contributed by atoms with Gasteiger partial charge in [0.15, 0.2) is 16.1 Å². The van der Waals surface area contributed by atoms with E-state index in [1.165, 1.54) is 107 Å². The Morgan fingerprint density at radius 3 is 1.38 bits per heavy atom. The molecule has 14 aromatic rings. The third-order valence-corrected chi connectivity index (χ3v) is 26.2. The Bertz CT molecular complexity index is 4350. The fourth-order valence-electron chi connectivity index (χ4n) is 13.5. The van der Waals surface area contributed by atoms with Crippen molar-refractivity contribution >= 4 is 101 Å². The zero-order valence-electron chi connectivity index (χ0n) is 41.8. The first-order valence-electron chi connectivity index (χ1n) is 26.4. The Balaban J connectivity index is 0.951. The molecule has 0 radical (unpaired) electrons. The number of hydrogen-bond acceptors (Lipinski definition) is 0. The highest BCUT2D eigenvalue weighted by molar-refractivity contribution is 7.22. The van der Waals surface area contributed by atoms with Gasteiger partial charge in [-0.2, -0.15) is 0 Å². The van der Waals surface area contributed by atoms with Crippen molar-refractivity contribution in [3.05, 3.63) is 303 Å². The molecule has 2 aromatic heterocycles. The Labute approximate surface area is 444 Å². The Hall–Kier alpha value is -9.33. The maximum Gasteiger partial charge on any atom is 0.180 e. The minimum Gasteiger partial charge on any atom is -0.307 e. The molecule has 356 valence electrons.